The first-order chi connectivity index (χ1) is 36.5. The number of thiophene rings is 1. The molecule has 1 saturated carbocycles. The van der Waals surface area contributed by atoms with Crippen LogP contribution in [-0.4, -0.2) is 122 Å². The van der Waals surface area contributed by atoms with E-state index in [4.69, 9.17) is 9.47 Å². The van der Waals surface area contributed by atoms with Crippen molar-refractivity contribution in [1.29, 1.82) is 0 Å². The van der Waals surface area contributed by atoms with Crippen molar-refractivity contribution in [2.24, 2.45) is 24.3 Å². The van der Waals surface area contributed by atoms with Crippen LogP contribution in [0, 0.1) is 17.3 Å². The Balaban J connectivity index is 0.836. The van der Waals surface area contributed by atoms with Gasteiger partial charge in [-0.1, -0.05) is 63.2 Å². The van der Waals surface area contributed by atoms with Gasteiger partial charge in [-0.25, -0.2) is 4.79 Å². The van der Waals surface area contributed by atoms with Crippen LogP contribution in [0.25, 0.3) is 21.1 Å². The molecule has 4 fully saturated rings. The average Bonchev–Trinajstić information content (AvgIpc) is 4.13. The topological polar surface area (TPSA) is 248 Å². The summed E-state index contributed by atoms with van der Waals surface area (Å²) in [7, 11) is -4.18. The minimum Gasteiger partial charge on any atom is -0.370 e. The summed E-state index contributed by atoms with van der Waals surface area (Å²) in [6.45, 7) is 6.04. The zero-order valence-corrected chi connectivity index (χ0v) is 45.0. The normalized spacial score (nSPS) is 23.0. The average molecular weight is 1100 g/mol. The molecule has 4 aliphatic rings. The molecular formula is C54H64F2N7O12PS. The van der Waals surface area contributed by atoms with Crippen molar-refractivity contribution < 1.29 is 61.4 Å². The number of nitrogens with one attached hydrogen (secondary N) is 3. The lowest BCUT2D eigenvalue weighted by molar-refractivity contribution is -0.155. The van der Waals surface area contributed by atoms with E-state index < -0.39 is 78.2 Å². The number of alkyl halides is 2. The number of carbonyl (C=O) groups is 6. The van der Waals surface area contributed by atoms with Crippen LogP contribution in [0.15, 0.2) is 77.6 Å². The van der Waals surface area contributed by atoms with Crippen molar-refractivity contribution in [3.8, 4) is 0 Å². The van der Waals surface area contributed by atoms with E-state index in [9.17, 15) is 56.7 Å². The second-order valence-electron chi connectivity index (χ2n) is 21.8. The maximum absolute atomic E-state index is 14.9. The van der Waals surface area contributed by atoms with Gasteiger partial charge in [-0.15, -0.1) is 11.3 Å². The maximum Gasteiger partial charge on any atom is 0.399 e. The number of carbonyl (C=O) groups excluding carboxylic acids is 6. The monoisotopic (exact) mass is 1100 g/mol. The van der Waals surface area contributed by atoms with Crippen molar-refractivity contribution in [1.82, 2.24) is 34.9 Å². The minimum atomic E-state index is -5.85. The molecule has 3 aliphatic heterocycles. The van der Waals surface area contributed by atoms with Crippen LogP contribution in [0.5, 0.6) is 0 Å². The number of rotatable bonds is 15. The van der Waals surface area contributed by atoms with Crippen LogP contribution in [0.2, 0.25) is 0 Å². The molecule has 412 valence electrons. The smallest absolute Gasteiger partial charge is 0.370 e. The molecule has 1 unspecified atom stereocenters. The van der Waals surface area contributed by atoms with Crippen molar-refractivity contribution in [3.63, 3.8) is 0 Å². The number of hydrogen-bond donors (Lipinski definition) is 5. The molecule has 1 aliphatic carbocycles. The predicted molar refractivity (Wildman–Crippen MR) is 281 cm³/mol. The molecule has 9 rings (SSSR count). The zero-order valence-electron chi connectivity index (χ0n) is 43.2. The van der Waals surface area contributed by atoms with E-state index in [-0.39, 0.29) is 85.8 Å². The first kappa shape index (κ1) is 55.6. The number of piperidine rings is 1. The molecule has 0 radical (unpaired) electrons. The Morgan fingerprint density at radius 1 is 0.909 bits per heavy atom. The Hall–Kier alpha value is -6.16. The van der Waals surface area contributed by atoms with Crippen LogP contribution in [-0.2, 0) is 57.1 Å². The summed E-state index contributed by atoms with van der Waals surface area (Å²) >= 11 is 0.948. The van der Waals surface area contributed by atoms with Gasteiger partial charge in [0.05, 0.1) is 35.2 Å². The maximum atomic E-state index is 14.9. The lowest BCUT2D eigenvalue weighted by Crippen LogP contribution is -2.60. The molecule has 77 heavy (non-hydrogen) atoms. The summed E-state index contributed by atoms with van der Waals surface area (Å²) in [5, 5.41) is 8.33. The Morgan fingerprint density at radius 2 is 1.64 bits per heavy atom. The van der Waals surface area contributed by atoms with Crippen LogP contribution in [0.3, 0.4) is 0 Å². The number of nitrogens with zero attached hydrogens (tertiary/aromatic N) is 4. The van der Waals surface area contributed by atoms with Gasteiger partial charge < -0.3 is 39.7 Å². The highest BCUT2D eigenvalue weighted by molar-refractivity contribution is 7.52. The SMILES string of the molecule is Cn1c(=O)n(C2CCC(=O)NC2=O)c2ccc(CC3CCC(CNC(=O)CO[C@@H]4CCN(C(=O)[C@@H](NC(=O)c5cc6cc(C(F)(F)P(=O)(O)O)ccc6s5)C(C)(C)C)[C@@H]4C(=O)N4CCO[C@H](c5ccccc5)C4)CC3)cc21. The molecule has 2 aromatic heterocycles. The first-order valence-corrected chi connectivity index (χ1v) is 28.4. The first-order valence-electron chi connectivity index (χ1n) is 25.9. The highest BCUT2D eigenvalue weighted by atomic mass is 32.1. The number of benzene rings is 3. The summed E-state index contributed by atoms with van der Waals surface area (Å²) in [6.07, 6.45) is 3.73. The second kappa shape index (κ2) is 22.3. The van der Waals surface area contributed by atoms with E-state index >= 15 is 0 Å². The van der Waals surface area contributed by atoms with Gasteiger partial charge in [-0.2, -0.15) is 8.78 Å². The van der Waals surface area contributed by atoms with Gasteiger partial charge >= 0.3 is 18.9 Å². The fourth-order valence-electron chi connectivity index (χ4n) is 11.1. The Bertz CT molecular complexity index is 3200. The standard InChI is InChI=1S/C54H64F2N7O12PS/c1-53(2,3)47(59-49(67)43-27-35-26-36(15-18-42(35)77-43)54(55,56)76(71,72)73)51(69)62-21-20-40(46(62)50(68)61-22-23-74-41(29-61)34-8-6-5-7-9-34)75-30-45(65)57-28-32-12-10-31(11-13-32)24-33-14-16-37-39(25-33)60(4)52(70)63(37)38-17-19-44(64)58-48(38)66/h5-9,14-16,18,25-27,31-32,38,40-41,46-47H,10-13,17,19-24,28-30H2,1-4H3,(H,57,65)(H,59,67)(H,58,64,66)(H2,71,72,73)/t31?,32?,38?,40-,41+,46+,47-/m1/s1. The van der Waals surface area contributed by atoms with E-state index in [0.717, 1.165) is 66.7 Å². The minimum absolute atomic E-state index is 0.0545. The quantitative estimate of drug-likeness (QED) is 0.0630. The molecule has 5 aromatic rings. The summed E-state index contributed by atoms with van der Waals surface area (Å²) in [4.78, 5) is 117. The number of hydrogen-bond acceptors (Lipinski definition) is 11. The summed E-state index contributed by atoms with van der Waals surface area (Å²) in [5.41, 5.74) is -3.31. The number of imide groups is 1. The van der Waals surface area contributed by atoms with Gasteiger partial charge in [-0.05, 0) is 109 Å². The van der Waals surface area contributed by atoms with Crippen LogP contribution in [0.1, 0.15) is 104 Å². The molecular weight excluding hydrogens is 1040 g/mol. The van der Waals surface area contributed by atoms with Gasteiger partial charge in [0.2, 0.25) is 29.5 Å². The van der Waals surface area contributed by atoms with Crippen molar-refractivity contribution >= 4 is 75.5 Å². The summed E-state index contributed by atoms with van der Waals surface area (Å²) in [5.74, 6) is -2.26. The number of aromatic nitrogens is 2. The van der Waals surface area contributed by atoms with E-state index in [1.54, 1.807) is 32.7 Å². The number of amides is 6. The van der Waals surface area contributed by atoms with Gasteiger partial charge in [0, 0.05) is 43.4 Å². The van der Waals surface area contributed by atoms with Crippen molar-refractivity contribution in [2.45, 2.75) is 108 Å². The molecule has 5 heterocycles. The van der Waals surface area contributed by atoms with Crippen molar-refractivity contribution in [3.05, 3.63) is 105 Å². The third-order valence-electron chi connectivity index (χ3n) is 15.5. The van der Waals surface area contributed by atoms with Gasteiger partial charge in [0.1, 0.15) is 30.8 Å². The third-order valence-corrected chi connectivity index (χ3v) is 17.6. The highest BCUT2D eigenvalue weighted by Crippen LogP contribution is 2.59. The van der Waals surface area contributed by atoms with E-state index in [1.165, 1.54) is 26.2 Å². The lowest BCUT2D eigenvalue weighted by atomic mass is 9.79. The Labute approximate surface area is 446 Å². The molecule has 3 saturated heterocycles. The van der Waals surface area contributed by atoms with E-state index in [1.807, 2.05) is 48.5 Å². The number of aryl methyl sites for hydroxylation is 1. The predicted octanol–water partition coefficient (Wildman–Crippen LogP) is 5.66. The summed E-state index contributed by atoms with van der Waals surface area (Å²) < 4.78 is 56.5. The number of halogens is 2. The highest BCUT2D eigenvalue weighted by Gasteiger charge is 2.51. The summed E-state index contributed by atoms with van der Waals surface area (Å²) in [6, 6.07) is 16.5. The Kier molecular flexibility index (Phi) is 16.1. The molecule has 6 amide bonds. The molecule has 3 aromatic carbocycles. The van der Waals surface area contributed by atoms with Crippen LogP contribution in [0.4, 0.5) is 8.78 Å². The van der Waals surface area contributed by atoms with Crippen molar-refractivity contribution in [2.75, 3.05) is 39.4 Å². The van der Waals surface area contributed by atoms with Gasteiger partial charge in [0.25, 0.3) is 5.91 Å². The molecule has 5 atom stereocenters. The van der Waals surface area contributed by atoms with Gasteiger partial charge in [0.15, 0.2) is 0 Å². The number of imidazole rings is 1. The molecule has 0 spiro atoms. The van der Waals surface area contributed by atoms with Crippen LogP contribution < -0.4 is 21.6 Å². The molecule has 19 nitrogen and oxygen atoms in total. The number of morpholine rings is 1. The lowest BCUT2D eigenvalue weighted by Gasteiger charge is -2.39. The van der Waals surface area contributed by atoms with E-state index in [2.05, 4.69) is 16.0 Å². The molecule has 23 heteroatoms. The zero-order chi connectivity index (χ0) is 55.1. The second-order valence-corrected chi connectivity index (χ2v) is 24.5. The van der Waals surface area contributed by atoms with Crippen LogP contribution >= 0.6 is 18.9 Å². The number of fused-ring (bicyclic) bond motifs is 2. The fourth-order valence-corrected chi connectivity index (χ4v) is 12.6. The molecule has 0 bridgehead atoms. The largest absolute Gasteiger partial charge is 0.399 e. The fraction of sp³-hybridized carbons (Fsp3) is 0.500. The Morgan fingerprint density at radius 3 is 2.34 bits per heavy atom. The third kappa shape index (κ3) is 11.8. The number of ether oxygens (including phenoxy) is 2. The van der Waals surface area contributed by atoms with E-state index in [0.29, 0.717) is 28.2 Å². The number of likely N-dealkylation sites (tertiary alicyclic amines) is 1. The van der Waals surface area contributed by atoms with Gasteiger partial charge in [-0.3, -0.25) is 47.8 Å². The molecule has 5 N–H and O–H groups in total.